The van der Waals surface area contributed by atoms with E-state index in [-0.39, 0.29) is 5.91 Å². The minimum atomic E-state index is -0.187. The molecule has 2 aliphatic rings. The Kier molecular flexibility index (Phi) is 2.79. The molecule has 2 saturated carbocycles. The summed E-state index contributed by atoms with van der Waals surface area (Å²) in [6.45, 7) is 0. The van der Waals surface area contributed by atoms with Crippen LogP contribution in [0.4, 0.5) is 0 Å². The second-order valence-electron chi connectivity index (χ2n) is 4.57. The molecule has 0 aliphatic heterocycles. The zero-order valence-corrected chi connectivity index (χ0v) is 10.2. The first kappa shape index (κ1) is 11.0. The topological polar surface area (TPSA) is 85.8 Å². The minimum absolute atomic E-state index is 0.187. The van der Waals surface area contributed by atoms with E-state index in [0.717, 1.165) is 11.0 Å². The summed E-state index contributed by atoms with van der Waals surface area (Å²) in [5.74, 6) is 6.88. The van der Waals surface area contributed by atoms with E-state index in [2.05, 4.69) is 20.2 Å². The molecule has 2 fully saturated rings. The number of nitrogens with one attached hydrogen (secondary N) is 1. The highest BCUT2D eigenvalue weighted by atomic mass is 32.2. The highest BCUT2D eigenvalue weighted by Crippen LogP contribution is 2.45. The van der Waals surface area contributed by atoms with Crippen LogP contribution in [0, 0.1) is 0 Å². The van der Waals surface area contributed by atoms with E-state index < -0.39 is 0 Å². The number of rotatable bonds is 5. The molecule has 0 atom stereocenters. The van der Waals surface area contributed by atoms with Crippen molar-refractivity contribution < 1.29 is 4.79 Å². The molecule has 1 heterocycles. The fourth-order valence-electron chi connectivity index (χ4n) is 1.85. The number of aromatic nitrogens is 3. The van der Waals surface area contributed by atoms with Gasteiger partial charge in [-0.3, -0.25) is 10.2 Å². The maximum atomic E-state index is 11.1. The van der Waals surface area contributed by atoms with Crippen LogP contribution in [0.15, 0.2) is 5.16 Å². The van der Waals surface area contributed by atoms with Crippen LogP contribution in [0.2, 0.25) is 0 Å². The summed E-state index contributed by atoms with van der Waals surface area (Å²) >= 11 is 1.41. The number of hydrazine groups is 1. The van der Waals surface area contributed by atoms with Gasteiger partial charge in [0.1, 0.15) is 5.82 Å². The molecule has 6 nitrogen and oxygen atoms in total. The van der Waals surface area contributed by atoms with Crippen molar-refractivity contribution in [2.75, 3.05) is 5.75 Å². The molecule has 0 radical (unpaired) electrons. The largest absolute Gasteiger partial charge is 0.303 e. The van der Waals surface area contributed by atoms with Gasteiger partial charge >= 0.3 is 0 Å². The third-order valence-corrected chi connectivity index (χ3v) is 3.98. The van der Waals surface area contributed by atoms with Crippen molar-refractivity contribution in [3.8, 4) is 0 Å². The molecular formula is C10H15N5OS. The third kappa shape index (κ3) is 2.30. The number of amides is 1. The lowest BCUT2D eigenvalue weighted by molar-refractivity contribution is -0.118. The summed E-state index contributed by atoms with van der Waals surface area (Å²) in [7, 11) is 0. The van der Waals surface area contributed by atoms with Crippen LogP contribution in [0.5, 0.6) is 0 Å². The monoisotopic (exact) mass is 253 g/mol. The Balaban J connectivity index is 1.76. The molecule has 92 valence electrons. The number of carbonyl (C=O) groups is 1. The summed E-state index contributed by atoms with van der Waals surface area (Å²) < 4.78 is 2.23. The maximum Gasteiger partial charge on any atom is 0.244 e. The molecule has 0 unspecified atom stereocenters. The smallest absolute Gasteiger partial charge is 0.244 e. The fourth-order valence-corrected chi connectivity index (χ4v) is 2.68. The van der Waals surface area contributed by atoms with Gasteiger partial charge in [-0.1, -0.05) is 11.8 Å². The van der Waals surface area contributed by atoms with Crippen molar-refractivity contribution in [1.29, 1.82) is 0 Å². The van der Waals surface area contributed by atoms with E-state index in [1.807, 2.05) is 0 Å². The van der Waals surface area contributed by atoms with Crippen LogP contribution >= 0.6 is 11.8 Å². The van der Waals surface area contributed by atoms with Gasteiger partial charge in [-0.2, -0.15) is 0 Å². The Morgan fingerprint density at radius 3 is 2.76 bits per heavy atom. The Morgan fingerprint density at radius 2 is 2.18 bits per heavy atom. The van der Waals surface area contributed by atoms with E-state index >= 15 is 0 Å². The quantitative estimate of drug-likeness (QED) is 0.347. The molecule has 1 amide bonds. The van der Waals surface area contributed by atoms with Crippen LogP contribution in [0.25, 0.3) is 0 Å². The van der Waals surface area contributed by atoms with Gasteiger partial charge in [-0.25, -0.2) is 5.84 Å². The number of thioether (sulfide) groups is 1. The summed E-state index contributed by atoms with van der Waals surface area (Å²) in [4.78, 5) is 11.1. The van der Waals surface area contributed by atoms with Gasteiger partial charge < -0.3 is 4.57 Å². The third-order valence-electron chi connectivity index (χ3n) is 3.04. The van der Waals surface area contributed by atoms with Gasteiger partial charge in [-0.05, 0) is 25.7 Å². The van der Waals surface area contributed by atoms with Crippen molar-refractivity contribution >= 4 is 17.7 Å². The van der Waals surface area contributed by atoms with Crippen LogP contribution < -0.4 is 11.3 Å². The summed E-state index contributed by atoms with van der Waals surface area (Å²) in [6, 6.07) is 0.559. The van der Waals surface area contributed by atoms with E-state index in [1.54, 1.807) is 0 Å². The van der Waals surface area contributed by atoms with Crippen molar-refractivity contribution in [3.05, 3.63) is 5.82 Å². The summed E-state index contributed by atoms with van der Waals surface area (Å²) in [5, 5.41) is 9.33. The molecule has 0 spiro atoms. The second-order valence-corrected chi connectivity index (χ2v) is 5.51. The zero-order chi connectivity index (χ0) is 11.8. The number of nitrogens with two attached hydrogens (primary N) is 1. The SMILES string of the molecule is NNC(=O)CSc1nnc(C2CC2)n1C1CC1. The first-order chi connectivity index (χ1) is 8.29. The average Bonchev–Trinajstić information content (AvgIpc) is 3.24. The summed E-state index contributed by atoms with van der Waals surface area (Å²) in [5.41, 5.74) is 2.12. The minimum Gasteiger partial charge on any atom is -0.303 e. The lowest BCUT2D eigenvalue weighted by atomic mass is 10.4. The van der Waals surface area contributed by atoms with Gasteiger partial charge in [0.2, 0.25) is 5.91 Å². The molecule has 17 heavy (non-hydrogen) atoms. The van der Waals surface area contributed by atoms with E-state index in [1.165, 1.54) is 37.4 Å². The fraction of sp³-hybridized carbons (Fsp3) is 0.700. The number of hydrogen-bond acceptors (Lipinski definition) is 5. The lowest BCUT2D eigenvalue weighted by Gasteiger charge is -2.07. The van der Waals surface area contributed by atoms with Gasteiger partial charge in [0, 0.05) is 12.0 Å². The standard InChI is InChI=1S/C10H15N5OS/c11-12-8(16)5-17-10-14-13-9(6-1-2-6)15(10)7-3-4-7/h6-7H,1-5,11H2,(H,12,16). The molecule has 0 bridgehead atoms. The number of nitrogens with zero attached hydrogens (tertiary/aromatic N) is 3. The zero-order valence-electron chi connectivity index (χ0n) is 9.43. The average molecular weight is 253 g/mol. The molecule has 3 rings (SSSR count). The molecule has 7 heteroatoms. The Morgan fingerprint density at radius 1 is 1.41 bits per heavy atom. The molecule has 1 aromatic heterocycles. The second kappa shape index (κ2) is 4.30. The van der Waals surface area contributed by atoms with Crippen molar-refractivity contribution in [1.82, 2.24) is 20.2 Å². The van der Waals surface area contributed by atoms with Crippen molar-refractivity contribution in [2.24, 2.45) is 5.84 Å². The number of hydrogen-bond donors (Lipinski definition) is 2. The van der Waals surface area contributed by atoms with Gasteiger partial charge in [-0.15, -0.1) is 10.2 Å². The molecule has 2 aliphatic carbocycles. The Bertz CT molecular complexity index is 438. The predicted molar refractivity (Wildman–Crippen MR) is 63.3 cm³/mol. The molecule has 0 aromatic carbocycles. The highest BCUT2D eigenvalue weighted by Gasteiger charge is 2.36. The maximum absolute atomic E-state index is 11.1. The Labute approximate surface area is 103 Å². The van der Waals surface area contributed by atoms with Crippen LogP contribution in [0.3, 0.4) is 0 Å². The van der Waals surface area contributed by atoms with E-state index in [9.17, 15) is 4.79 Å². The predicted octanol–water partition coefficient (Wildman–Crippen LogP) is 0.572. The molecular weight excluding hydrogens is 238 g/mol. The first-order valence-corrected chi connectivity index (χ1v) is 6.85. The van der Waals surface area contributed by atoms with Crippen LogP contribution in [-0.4, -0.2) is 26.4 Å². The van der Waals surface area contributed by atoms with E-state index in [0.29, 0.717) is 17.7 Å². The van der Waals surface area contributed by atoms with E-state index in [4.69, 9.17) is 5.84 Å². The molecule has 1 aromatic rings. The Hall–Kier alpha value is -1.08. The molecule has 0 saturated heterocycles. The van der Waals surface area contributed by atoms with Gasteiger partial charge in [0.15, 0.2) is 5.16 Å². The van der Waals surface area contributed by atoms with Crippen molar-refractivity contribution in [3.63, 3.8) is 0 Å². The lowest BCUT2D eigenvalue weighted by Crippen LogP contribution is -2.31. The first-order valence-electron chi connectivity index (χ1n) is 5.86. The van der Waals surface area contributed by atoms with Crippen LogP contribution in [-0.2, 0) is 4.79 Å². The normalized spacial score (nSPS) is 19.4. The molecule has 3 N–H and O–H groups in total. The van der Waals surface area contributed by atoms with Crippen LogP contribution in [0.1, 0.15) is 43.5 Å². The summed E-state index contributed by atoms with van der Waals surface area (Å²) in [6.07, 6.45) is 4.85. The van der Waals surface area contributed by atoms with Crippen molar-refractivity contribution in [2.45, 2.75) is 42.8 Å². The number of carbonyl (C=O) groups excluding carboxylic acids is 1. The van der Waals surface area contributed by atoms with Gasteiger partial charge in [0.25, 0.3) is 0 Å². The highest BCUT2D eigenvalue weighted by molar-refractivity contribution is 7.99. The van der Waals surface area contributed by atoms with Gasteiger partial charge in [0.05, 0.1) is 5.75 Å².